The summed E-state index contributed by atoms with van der Waals surface area (Å²) in [6.45, 7) is 0.799. The number of rotatable bonds is 2. The van der Waals surface area contributed by atoms with Crippen LogP contribution >= 0.6 is 0 Å². The molecule has 0 spiro atoms. The van der Waals surface area contributed by atoms with Gasteiger partial charge in [-0.2, -0.15) is 0 Å². The zero-order valence-corrected chi connectivity index (χ0v) is 10.3. The van der Waals surface area contributed by atoms with Crippen LogP contribution in [0.15, 0.2) is 30.3 Å². The predicted octanol–water partition coefficient (Wildman–Crippen LogP) is 2.29. The van der Waals surface area contributed by atoms with Crippen molar-refractivity contribution in [1.82, 2.24) is 0 Å². The monoisotopic (exact) mass is 258 g/mol. The summed E-state index contributed by atoms with van der Waals surface area (Å²) in [4.78, 5) is 0. The van der Waals surface area contributed by atoms with Crippen molar-refractivity contribution in [3.8, 4) is 22.6 Å². The Morgan fingerprint density at radius 1 is 1.00 bits per heavy atom. The molecule has 2 aromatic rings. The Kier molecular flexibility index (Phi) is 2.89. The predicted molar refractivity (Wildman–Crippen MR) is 69.6 cm³/mol. The molecule has 1 aliphatic rings. The molecule has 0 aliphatic carbocycles. The van der Waals surface area contributed by atoms with Crippen LogP contribution in [-0.4, -0.2) is 15.3 Å². The fourth-order valence-corrected chi connectivity index (χ4v) is 2.35. The number of aromatic hydroxyl groups is 2. The molecule has 0 amide bonds. The molecular weight excluding hydrogens is 244 g/mol. The second kappa shape index (κ2) is 4.57. The number of hydrogen-bond acceptors (Lipinski definition) is 4. The first-order chi connectivity index (χ1) is 9.20. The maximum atomic E-state index is 10.1. The van der Waals surface area contributed by atoms with Crippen LogP contribution in [-0.2, 0) is 24.6 Å². The molecular formula is C15H14O4. The molecule has 4 nitrogen and oxygen atoms in total. The summed E-state index contributed by atoms with van der Waals surface area (Å²) < 4.78 is 5.36. The Labute approximate surface area is 110 Å². The van der Waals surface area contributed by atoms with Crippen LogP contribution in [0.5, 0.6) is 11.5 Å². The number of hydrogen-bond donors (Lipinski definition) is 3. The van der Waals surface area contributed by atoms with Crippen molar-refractivity contribution in [1.29, 1.82) is 0 Å². The molecule has 3 N–H and O–H groups in total. The van der Waals surface area contributed by atoms with Gasteiger partial charge < -0.3 is 20.1 Å². The summed E-state index contributed by atoms with van der Waals surface area (Å²) in [6.07, 6.45) is 0. The molecule has 0 aromatic heterocycles. The van der Waals surface area contributed by atoms with Gasteiger partial charge in [-0.3, -0.25) is 0 Å². The molecule has 1 aliphatic heterocycles. The lowest BCUT2D eigenvalue weighted by Crippen LogP contribution is -1.90. The lowest BCUT2D eigenvalue weighted by atomic mass is 9.97. The van der Waals surface area contributed by atoms with Crippen molar-refractivity contribution in [2.24, 2.45) is 0 Å². The van der Waals surface area contributed by atoms with Crippen LogP contribution in [0.4, 0.5) is 0 Å². The molecule has 0 atom stereocenters. The second-order valence-corrected chi connectivity index (χ2v) is 4.59. The molecule has 3 rings (SSSR count). The third kappa shape index (κ3) is 1.95. The number of aliphatic hydroxyl groups is 1. The second-order valence-electron chi connectivity index (χ2n) is 4.59. The van der Waals surface area contributed by atoms with Crippen LogP contribution in [0.2, 0.25) is 0 Å². The average Bonchev–Trinajstić information content (AvgIpc) is 2.86. The van der Waals surface area contributed by atoms with E-state index in [0.29, 0.717) is 18.8 Å². The molecule has 0 radical (unpaired) electrons. The van der Waals surface area contributed by atoms with E-state index in [2.05, 4.69) is 0 Å². The van der Waals surface area contributed by atoms with Crippen molar-refractivity contribution in [3.05, 3.63) is 47.0 Å². The zero-order chi connectivity index (χ0) is 13.4. The van der Waals surface area contributed by atoms with Gasteiger partial charge in [-0.05, 0) is 34.9 Å². The molecule has 1 heterocycles. The number of fused-ring (bicyclic) bond motifs is 1. The molecule has 98 valence electrons. The van der Waals surface area contributed by atoms with E-state index in [1.165, 1.54) is 6.07 Å². The lowest BCUT2D eigenvalue weighted by molar-refractivity contribution is 0.134. The zero-order valence-electron chi connectivity index (χ0n) is 10.3. The van der Waals surface area contributed by atoms with Gasteiger partial charge in [0.05, 0.1) is 25.4 Å². The van der Waals surface area contributed by atoms with Crippen LogP contribution in [0.3, 0.4) is 0 Å². The van der Waals surface area contributed by atoms with Gasteiger partial charge >= 0.3 is 0 Å². The standard InChI is InChI=1S/C15H14O4/c16-6-13-14(17)4-3-12(15(13)18)9-1-2-10-7-19-8-11(10)5-9/h1-5,16-18H,6-8H2. The molecule has 19 heavy (non-hydrogen) atoms. The topological polar surface area (TPSA) is 69.9 Å². The van der Waals surface area contributed by atoms with Gasteiger partial charge in [0.1, 0.15) is 11.5 Å². The van der Waals surface area contributed by atoms with E-state index >= 15 is 0 Å². The highest BCUT2D eigenvalue weighted by atomic mass is 16.5. The van der Waals surface area contributed by atoms with Gasteiger partial charge in [0, 0.05) is 5.56 Å². The van der Waals surface area contributed by atoms with E-state index in [-0.39, 0.29) is 17.1 Å². The van der Waals surface area contributed by atoms with Gasteiger partial charge in [0.2, 0.25) is 0 Å². The summed E-state index contributed by atoms with van der Waals surface area (Å²) in [5, 5.41) is 28.9. The SMILES string of the molecule is OCc1c(O)ccc(-c2ccc3c(c2)COC3)c1O. The maximum Gasteiger partial charge on any atom is 0.132 e. The van der Waals surface area contributed by atoms with Gasteiger partial charge in [-0.1, -0.05) is 12.1 Å². The molecule has 0 bridgehead atoms. The van der Waals surface area contributed by atoms with Gasteiger partial charge in [-0.15, -0.1) is 0 Å². The van der Waals surface area contributed by atoms with Gasteiger partial charge in [0.15, 0.2) is 0 Å². The van der Waals surface area contributed by atoms with Gasteiger partial charge in [0.25, 0.3) is 0 Å². The Balaban J connectivity index is 2.12. The van der Waals surface area contributed by atoms with E-state index in [9.17, 15) is 15.3 Å². The minimum atomic E-state index is -0.403. The van der Waals surface area contributed by atoms with Crippen molar-refractivity contribution in [2.75, 3.05) is 0 Å². The molecule has 0 saturated carbocycles. The van der Waals surface area contributed by atoms with Crippen molar-refractivity contribution >= 4 is 0 Å². The van der Waals surface area contributed by atoms with Crippen LogP contribution in [0.1, 0.15) is 16.7 Å². The van der Waals surface area contributed by atoms with Crippen molar-refractivity contribution in [2.45, 2.75) is 19.8 Å². The largest absolute Gasteiger partial charge is 0.507 e. The van der Waals surface area contributed by atoms with E-state index in [1.54, 1.807) is 6.07 Å². The van der Waals surface area contributed by atoms with Crippen molar-refractivity contribution < 1.29 is 20.1 Å². The first kappa shape index (κ1) is 12.0. The normalized spacial score (nSPS) is 13.5. The highest BCUT2D eigenvalue weighted by Crippen LogP contribution is 2.38. The Hall–Kier alpha value is -2.04. The number of benzene rings is 2. The summed E-state index contributed by atoms with van der Waals surface area (Å²) >= 11 is 0. The Morgan fingerprint density at radius 3 is 2.58 bits per heavy atom. The van der Waals surface area contributed by atoms with E-state index < -0.39 is 6.61 Å². The van der Waals surface area contributed by atoms with E-state index in [4.69, 9.17) is 4.74 Å². The number of phenols is 2. The van der Waals surface area contributed by atoms with E-state index in [0.717, 1.165) is 16.7 Å². The molecule has 4 heteroatoms. The third-order valence-corrected chi connectivity index (χ3v) is 3.45. The fourth-order valence-electron chi connectivity index (χ4n) is 2.35. The van der Waals surface area contributed by atoms with Crippen LogP contribution < -0.4 is 0 Å². The molecule has 0 unspecified atom stereocenters. The third-order valence-electron chi connectivity index (χ3n) is 3.45. The lowest BCUT2D eigenvalue weighted by Gasteiger charge is -2.11. The molecule has 2 aromatic carbocycles. The quantitative estimate of drug-likeness (QED) is 0.773. The molecule has 0 saturated heterocycles. The first-order valence-corrected chi connectivity index (χ1v) is 6.05. The van der Waals surface area contributed by atoms with Crippen molar-refractivity contribution in [3.63, 3.8) is 0 Å². The smallest absolute Gasteiger partial charge is 0.132 e. The average molecular weight is 258 g/mol. The highest BCUT2D eigenvalue weighted by Gasteiger charge is 2.16. The first-order valence-electron chi connectivity index (χ1n) is 6.05. The minimum absolute atomic E-state index is 0.0821. The van der Waals surface area contributed by atoms with Crippen LogP contribution in [0, 0.1) is 0 Å². The fraction of sp³-hybridized carbons (Fsp3) is 0.200. The van der Waals surface area contributed by atoms with E-state index in [1.807, 2.05) is 18.2 Å². The highest BCUT2D eigenvalue weighted by molar-refractivity contribution is 5.74. The number of aliphatic hydroxyl groups excluding tert-OH is 1. The summed E-state index contributed by atoms with van der Waals surface area (Å²) in [5.74, 6) is -0.186. The Morgan fingerprint density at radius 2 is 1.79 bits per heavy atom. The maximum absolute atomic E-state index is 10.1. The van der Waals surface area contributed by atoms with Gasteiger partial charge in [-0.25, -0.2) is 0 Å². The minimum Gasteiger partial charge on any atom is -0.507 e. The summed E-state index contributed by atoms with van der Waals surface area (Å²) in [5.41, 5.74) is 3.85. The van der Waals surface area contributed by atoms with Crippen LogP contribution in [0.25, 0.3) is 11.1 Å². The summed E-state index contributed by atoms with van der Waals surface area (Å²) in [6, 6.07) is 8.96. The number of ether oxygens (including phenoxy) is 1. The molecule has 0 fully saturated rings. The summed E-state index contributed by atoms with van der Waals surface area (Å²) in [7, 11) is 0. The Bertz CT molecular complexity index is 634.